The van der Waals surface area contributed by atoms with Crippen molar-refractivity contribution in [3.63, 3.8) is 0 Å². The summed E-state index contributed by atoms with van der Waals surface area (Å²) in [7, 11) is 1.86. The molecule has 0 spiro atoms. The van der Waals surface area contributed by atoms with Gasteiger partial charge in [-0.1, -0.05) is 6.92 Å². The molecule has 0 saturated carbocycles. The lowest BCUT2D eigenvalue weighted by molar-refractivity contribution is -0.140. The second kappa shape index (κ2) is 8.87. The smallest absolute Gasteiger partial charge is 0.245 e. The van der Waals surface area contributed by atoms with Crippen LogP contribution in [0.2, 0.25) is 0 Å². The molecule has 1 heterocycles. The summed E-state index contributed by atoms with van der Waals surface area (Å²) in [6.45, 7) is 5.12. The van der Waals surface area contributed by atoms with Crippen molar-refractivity contribution in [1.82, 2.24) is 15.5 Å². The Morgan fingerprint density at radius 2 is 2.00 bits per heavy atom. The molecule has 110 valence electrons. The van der Waals surface area contributed by atoms with Crippen LogP contribution in [0, 0.1) is 0 Å². The van der Waals surface area contributed by atoms with Gasteiger partial charge in [-0.05, 0) is 26.4 Å². The highest BCUT2D eigenvalue weighted by Gasteiger charge is 2.25. The van der Waals surface area contributed by atoms with E-state index in [2.05, 4.69) is 10.6 Å². The molecule has 1 aliphatic heterocycles. The predicted molar refractivity (Wildman–Crippen MR) is 72.8 cm³/mol. The highest BCUT2D eigenvalue weighted by molar-refractivity contribution is 5.87. The van der Waals surface area contributed by atoms with Gasteiger partial charge in [-0.2, -0.15) is 0 Å². The third-order valence-electron chi connectivity index (χ3n) is 3.19. The Labute approximate surface area is 114 Å². The van der Waals surface area contributed by atoms with Crippen LogP contribution < -0.4 is 10.6 Å². The van der Waals surface area contributed by atoms with E-state index in [1.165, 1.54) is 0 Å². The molecule has 1 saturated heterocycles. The molecule has 1 rings (SSSR count). The van der Waals surface area contributed by atoms with E-state index >= 15 is 0 Å². The SMILES string of the molecule is CCC(NC(=O)CCCNC)C(=O)N1CCOCC1. The molecule has 1 fully saturated rings. The molecular weight excluding hydrogens is 246 g/mol. The maximum Gasteiger partial charge on any atom is 0.245 e. The molecule has 2 amide bonds. The van der Waals surface area contributed by atoms with E-state index in [4.69, 9.17) is 4.74 Å². The number of amides is 2. The zero-order valence-corrected chi connectivity index (χ0v) is 11.9. The van der Waals surface area contributed by atoms with E-state index in [1.54, 1.807) is 4.90 Å². The first kappa shape index (κ1) is 15.9. The van der Waals surface area contributed by atoms with Crippen LogP contribution in [0.25, 0.3) is 0 Å². The Balaban J connectivity index is 2.38. The minimum atomic E-state index is -0.403. The van der Waals surface area contributed by atoms with Crippen molar-refractivity contribution < 1.29 is 14.3 Å². The summed E-state index contributed by atoms with van der Waals surface area (Å²) in [5.41, 5.74) is 0. The molecular formula is C13H25N3O3. The molecule has 0 radical (unpaired) electrons. The molecule has 1 aliphatic rings. The Kier molecular flexibility index (Phi) is 7.43. The Morgan fingerprint density at radius 3 is 2.58 bits per heavy atom. The van der Waals surface area contributed by atoms with E-state index in [-0.39, 0.29) is 11.8 Å². The highest BCUT2D eigenvalue weighted by Crippen LogP contribution is 2.04. The van der Waals surface area contributed by atoms with Crippen LogP contribution in [0.15, 0.2) is 0 Å². The highest BCUT2D eigenvalue weighted by atomic mass is 16.5. The van der Waals surface area contributed by atoms with Crippen LogP contribution in [0.3, 0.4) is 0 Å². The third kappa shape index (κ3) is 5.57. The van der Waals surface area contributed by atoms with Crippen molar-refractivity contribution in [1.29, 1.82) is 0 Å². The lowest BCUT2D eigenvalue weighted by Crippen LogP contribution is -2.51. The quantitative estimate of drug-likeness (QED) is 0.626. The van der Waals surface area contributed by atoms with Gasteiger partial charge in [0, 0.05) is 19.5 Å². The van der Waals surface area contributed by atoms with Crippen molar-refractivity contribution in [2.45, 2.75) is 32.2 Å². The molecule has 0 aliphatic carbocycles. The van der Waals surface area contributed by atoms with Crippen molar-refractivity contribution >= 4 is 11.8 Å². The molecule has 6 heteroatoms. The number of carbonyl (C=O) groups is 2. The van der Waals surface area contributed by atoms with E-state index < -0.39 is 6.04 Å². The summed E-state index contributed by atoms with van der Waals surface area (Å²) in [6, 6.07) is -0.403. The summed E-state index contributed by atoms with van der Waals surface area (Å²) in [4.78, 5) is 25.7. The first-order chi connectivity index (χ1) is 9.19. The first-order valence-electron chi connectivity index (χ1n) is 6.99. The number of carbonyl (C=O) groups excluding carboxylic acids is 2. The number of nitrogens with one attached hydrogen (secondary N) is 2. The van der Waals surface area contributed by atoms with Gasteiger partial charge in [-0.25, -0.2) is 0 Å². The maximum atomic E-state index is 12.2. The van der Waals surface area contributed by atoms with Crippen LogP contribution in [0.5, 0.6) is 0 Å². The Morgan fingerprint density at radius 1 is 1.32 bits per heavy atom. The minimum Gasteiger partial charge on any atom is -0.378 e. The summed E-state index contributed by atoms with van der Waals surface area (Å²) in [5.74, 6) is -0.0449. The fraction of sp³-hybridized carbons (Fsp3) is 0.846. The normalized spacial score (nSPS) is 17.1. The molecule has 0 aromatic carbocycles. The van der Waals surface area contributed by atoms with Crippen LogP contribution in [-0.2, 0) is 14.3 Å². The fourth-order valence-electron chi connectivity index (χ4n) is 2.03. The van der Waals surface area contributed by atoms with Crippen LogP contribution in [0.4, 0.5) is 0 Å². The number of morpholine rings is 1. The zero-order chi connectivity index (χ0) is 14.1. The summed E-state index contributed by atoms with van der Waals surface area (Å²) in [5, 5.41) is 5.82. The van der Waals surface area contributed by atoms with Gasteiger partial charge in [-0.3, -0.25) is 9.59 Å². The minimum absolute atomic E-state index is 0.00719. The lowest BCUT2D eigenvalue weighted by atomic mass is 10.1. The molecule has 0 aromatic rings. The van der Waals surface area contributed by atoms with Crippen LogP contribution in [-0.4, -0.2) is 62.7 Å². The van der Waals surface area contributed by atoms with Crippen molar-refractivity contribution in [3.8, 4) is 0 Å². The van der Waals surface area contributed by atoms with E-state index in [9.17, 15) is 9.59 Å². The largest absolute Gasteiger partial charge is 0.378 e. The fourth-order valence-corrected chi connectivity index (χ4v) is 2.03. The molecule has 0 bridgehead atoms. The summed E-state index contributed by atoms with van der Waals surface area (Å²) < 4.78 is 5.22. The van der Waals surface area contributed by atoms with Crippen molar-refractivity contribution in [2.75, 3.05) is 39.9 Å². The average molecular weight is 271 g/mol. The van der Waals surface area contributed by atoms with Crippen LogP contribution in [0.1, 0.15) is 26.2 Å². The van der Waals surface area contributed by atoms with Crippen LogP contribution >= 0.6 is 0 Å². The van der Waals surface area contributed by atoms with Gasteiger partial charge in [0.05, 0.1) is 13.2 Å². The van der Waals surface area contributed by atoms with Crippen molar-refractivity contribution in [3.05, 3.63) is 0 Å². The zero-order valence-electron chi connectivity index (χ0n) is 11.9. The van der Waals surface area contributed by atoms with Gasteiger partial charge in [-0.15, -0.1) is 0 Å². The molecule has 1 unspecified atom stereocenters. The van der Waals surface area contributed by atoms with Gasteiger partial charge in [0.15, 0.2) is 0 Å². The second-order valence-electron chi connectivity index (χ2n) is 4.67. The predicted octanol–water partition coefficient (Wildman–Crippen LogP) is -0.260. The van der Waals surface area contributed by atoms with Gasteiger partial charge >= 0.3 is 0 Å². The Bertz CT molecular complexity index is 291. The molecule has 19 heavy (non-hydrogen) atoms. The maximum absolute atomic E-state index is 12.2. The second-order valence-corrected chi connectivity index (χ2v) is 4.67. The third-order valence-corrected chi connectivity index (χ3v) is 3.19. The number of ether oxygens (including phenoxy) is 1. The van der Waals surface area contributed by atoms with Gasteiger partial charge in [0.1, 0.15) is 6.04 Å². The number of hydrogen-bond acceptors (Lipinski definition) is 4. The first-order valence-corrected chi connectivity index (χ1v) is 6.99. The standard InChI is InChI=1S/C13H25N3O3/c1-3-11(15-12(17)5-4-6-14-2)13(18)16-7-9-19-10-8-16/h11,14H,3-10H2,1-2H3,(H,15,17). The number of rotatable bonds is 7. The van der Waals surface area contributed by atoms with Gasteiger partial charge in [0.2, 0.25) is 11.8 Å². The average Bonchev–Trinajstić information content (AvgIpc) is 2.45. The molecule has 2 N–H and O–H groups in total. The summed E-state index contributed by atoms with van der Waals surface area (Å²) >= 11 is 0. The molecule has 6 nitrogen and oxygen atoms in total. The number of hydrogen-bond donors (Lipinski definition) is 2. The van der Waals surface area contributed by atoms with Gasteiger partial charge in [0.25, 0.3) is 0 Å². The monoisotopic (exact) mass is 271 g/mol. The van der Waals surface area contributed by atoms with Crippen molar-refractivity contribution in [2.24, 2.45) is 0 Å². The Hall–Kier alpha value is -1.14. The summed E-state index contributed by atoms with van der Waals surface area (Å²) in [6.07, 6.45) is 1.85. The number of nitrogens with zero attached hydrogens (tertiary/aromatic N) is 1. The molecule has 0 aromatic heterocycles. The van der Waals surface area contributed by atoms with E-state index in [0.29, 0.717) is 39.1 Å². The lowest BCUT2D eigenvalue weighted by Gasteiger charge is -2.30. The van der Waals surface area contributed by atoms with Gasteiger partial charge < -0.3 is 20.3 Å². The molecule has 1 atom stereocenters. The van der Waals surface area contributed by atoms with E-state index in [1.807, 2.05) is 14.0 Å². The topological polar surface area (TPSA) is 70.7 Å². The van der Waals surface area contributed by atoms with E-state index in [0.717, 1.165) is 13.0 Å².